The number of ketones is 1. The molecule has 2 heterocycles. The average molecular weight is 239 g/mol. The molecular formula is C12H17NO2S. The van der Waals surface area contributed by atoms with E-state index in [0.29, 0.717) is 13.0 Å². The van der Waals surface area contributed by atoms with Crippen LogP contribution in [0.1, 0.15) is 36.9 Å². The first kappa shape index (κ1) is 11.7. The highest BCUT2D eigenvalue weighted by molar-refractivity contribution is 7.09. The van der Waals surface area contributed by atoms with Crippen LogP contribution < -0.4 is 0 Å². The van der Waals surface area contributed by atoms with Gasteiger partial charge >= 0.3 is 0 Å². The van der Waals surface area contributed by atoms with Gasteiger partial charge in [-0.25, -0.2) is 4.98 Å². The van der Waals surface area contributed by atoms with Gasteiger partial charge in [0.25, 0.3) is 0 Å². The van der Waals surface area contributed by atoms with E-state index in [9.17, 15) is 4.79 Å². The average Bonchev–Trinajstić information content (AvgIpc) is 2.65. The first-order valence-electron chi connectivity index (χ1n) is 5.68. The molecule has 3 nitrogen and oxygen atoms in total. The lowest BCUT2D eigenvalue weighted by Gasteiger charge is -2.32. The van der Waals surface area contributed by atoms with Crippen molar-refractivity contribution in [1.82, 2.24) is 4.98 Å². The van der Waals surface area contributed by atoms with Gasteiger partial charge in [0.15, 0.2) is 5.78 Å². The predicted octanol–water partition coefficient (Wildman–Crippen LogP) is 2.52. The first-order chi connectivity index (χ1) is 7.60. The number of carbonyl (C=O) groups is 1. The van der Waals surface area contributed by atoms with Gasteiger partial charge in [-0.2, -0.15) is 0 Å². The summed E-state index contributed by atoms with van der Waals surface area (Å²) in [4.78, 5) is 16.5. The number of carbonyl (C=O) groups excluding carboxylic acids is 1. The van der Waals surface area contributed by atoms with Gasteiger partial charge in [-0.3, -0.25) is 4.79 Å². The van der Waals surface area contributed by atoms with Crippen molar-refractivity contribution in [3.05, 3.63) is 16.1 Å². The molecule has 1 aromatic heterocycles. The van der Waals surface area contributed by atoms with E-state index in [2.05, 4.69) is 4.98 Å². The highest BCUT2D eigenvalue weighted by atomic mass is 32.1. The Bertz CT molecular complexity index is 380. The molecule has 0 aliphatic carbocycles. The fourth-order valence-corrected chi connectivity index (χ4v) is 2.73. The van der Waals surface area contributed by atoms with Crippen molar-refractivity contribution in [2.24, 2.45) is 0 Å². The topological polar surface area (TPSA) is 39.2 Å². The number of thiazole rings is 1. The standard InChI is InChI=1S/C12H17NO2S/c1-9-8-16-11(13-9)7-10(14)12(2)5-3-4-6-15-12/h8H,3-7H2,1-2H3. The number of rotatable bonds is 3. The summed E-state index contributed by atoms with van der Waals surface area (Å²) in [7, 11) is 0. The van der Waals surface area contributed by atoms with Crippen LogP contribution in [0.5, 0.6) is 0 Å². The number of aromatic nitrogens is 1. The monoisotopic (exact) mass is 239 g/mol. The molecular weight excluding hydrogens is 222 g/mol. The van der Waals surface area contributed by atoms with E-state index in [1.165, 1.54) is 0 Å². The summed E-state index contributed by atoms with van der Waals surface area (Å²) in [6.45, 7) is 4.57. The first-order valence-corrected chi connectivity index (χ1v) is 6.56. The van der Waals surface area contributed by atoms with Crippen LogP contribution in [0.25, 0.3) is 0 Å². The maximum Gasteiger partial charge on any atom is 0.171 e. The zero-order valence-electron chi connectivity index (χ0n) is 9.78. The van der Waals surface area contributed by atoms with Crippen LogP contribution in [-0.2, 0) is 16.0 Å². The van der Waals surface area contributed by atoms with Crippen LogP contribution in [0.15, 0.2) is 5.38 Å². The third-order valence-corrected chi connectivity index (χ3v) is 4.00. The minimum atomic E-state index is -0.572. The summed E-state index contributed by atoms with van der Waals surface area (Å²) in [5, 5.41) is 2.88. The third-order valence-electron chi connectivity index (χ3n) is 3.04. The minimum absolute atomic E-state index is 0.168. The highest BCUT2D eigenvalue weighted by Crippen LogP contribution is 2.27. The molecule has 0 aromatic carbocycles. The van der Waals surface area contributed by atoms with E-state index < -0.39 is 5.60 Å². The number of aryl methyl sites for hydroxylation is 1. The SMILES string of the molecule is Cc1csc(CC(=O)C2(C)CCCCO2)n1. The second kappa shape index (κ2) is 4.63. The van der Waals surface area contributed by atoms with Crippen molar-refractivity contribution in [3.63, 3.8) is 0 Å². The molecule has 0 amide bonds. The molecule has 0 saturated carbocycles. The molecule has 0 radical (unpaired) electrons. The van der Waals surface area contributed by atoms with Crippen molar-refractivity contribution in [1.29, 1.82) is 0 Å². The lowest BCUT2D eigenvalue weighted by molar-refractivity contribution is -0.147. The molecule has 1 aliphatic heterocycles. The van der Waals surface area contributed by atoms with E-state index in [-0.39, 0.29) is 5.78 Å². The second-order valence-electron chi connectivity index (χ2n) is 4.52. The minimum Gasteiger partial charge on any atom is -0.367 e. The summed E-state index contributed by atoms with van der Waals surface area (Å²) in [6, 6.07) is 0. The smallest absolute Gasteiger partial charge is 0.171 e. The van der Waals surface area contributed by atoms with Crippen LogP contribution in [0.3, 0.4) is 0 Å². The Labute approximate surface area is 99.8 Å². The summed E-state index contributed by atoms with van der Waals surface area (Å²) in [5.74, 6) is 0.168. The third kappa shape index (κ3) is 2.50. The summed E-state index contributed by atoms with van der Waals surface area (Å²) >= 11 is 1.55. The zero-order chi connectivity index (χ0) is 11.6. The molecule has 0 spiro atoms. The highest BCUT2D eigenvalue weighted by Gasteiger charge is 2.35. The Morgan fingerprint density at radius 3 is 3.00 bits per heavy atom. The van der Waals surface area contributed by atoms with Gasteiger partial charge in [0.2, 0.25) is 0 Å². The number of ether oxygens (including phenoxy) is 1. The number of hydrogen-bond donors (Lipinski definition) is 0. The van der Waals surface area contributed by atoms with Crippen molar-refractivity contribution >= 4 is 17.1 Å². The fraction of sp³-hybridized carbons (Fsp3) is 0.667. The van der Waals surface area contributed by atoms with Crippen molar-refractivity contribution < 1.29 is 9.53 Å². The maximum absolute atomic E-state index is 12.1. The molecule has 88 valence electrons. The van der Waals surface area contributed by atoms with Gasteiger partial charge in [0, 0.05) is 17.7 Å². The zero-order valence-corrected chi connectivity index (χ0v) is 10.6. The van der Waals surface area contributed by atoms with Gasteiger partial charge in [-0.15, -0.1) is 11.3 Å². The Hall–Kier alpha value is -0.740. The Balaban J connectivity index is 2.01. The van der Waals surface area contributed by atoms with Gasteiger partial charge < -0.3 is 4.74 Å². The normalized spacial score (nSPS) is 25.6. The molecule has 1 fully saturated rings. The molecule has 1 unspecified atom stereocenters. The molecule has 1 aromatic rings. The molecule has 16 heavy (non-hydrogen) atoms. The lowest BCUT2D eigenvalue weighted by Crippen LogP contribution is -2.42. The second-order valence-corrected chi connectivity index (χ2v) is 5.46. The molecule has 4 heteroatoms. The predicted molar refractivity (Wildman–Crippen MR) is 63.8 cm³/mol. The van der Waals surface area contributed by atoms with E-state index in [4.69, 9.17) is 4.74 Å². The van der Waals surface area contributed by atoms with Crippen LogP contribution in [0.4, 0.5) is 0 Å². The van der Waals surface area contributed by atoms with E-state index in [0.717, 1.165) is 30.0 Å². The molecule has 1 atom stereocenters. The molecule has 0 bridgehead atoms. The molecule has 1 aliphatic rings. The summed E-state index contributed by atoms with van der Waals surface area (Å²) in [5.41, 5.74) is 0.417. The molecule has 1 saturated heterocycles. The molecule has 2 rings (SSSR count). The van der Waals surface area contributed by atoms with Crippen molar-refractivity contribution in [3.8, 4) is 0 Å². The van der Waals surface area contributed by atoms with Crippen LogP contribution >= 0.6 is 11.3 Å². The maximum atomic E-state index is 12.1. The van der Waals surface area contributed by atoms with E-state index in [1.54, 1.807) is 11.3 Å². The number of Topliss-reactive ketones (excluding diaryl/α,β-unsaturated/α-hetero) is 1. The largest absolute Gasteiger partial charge is 0.367 e. The Kier molecular flexibility index (Phi) is 3.40. The number of hydrogen-bond acceptors (Lipinski definition) is 4. The van der Waals surface area contributed by atoms with Crippen molar-refractivity contribution in [2.75, 3.05) is 6.61 Å². The van der Waals surface area contributed by atoms with Crippen LogP contribution in [0, 0.1) is 6.92 Å². The van der Waals surface area contributed by atoms with Gasteiger partial charge in [0.05, 0.1) is 6.42 Å². The van der Waals surface area contributed by atoms with Gasteiger partial charge in [-0.1, -0.05) is 0 Å². The van der Waals surface area contributed by atoms with E-state index >= 15 is 0 Å². The fourth-order valence-electron chi connectivity index (χ4n) is 1.96. The van der Waals surface area contributed by atoms with Gasteiger partial charge in [-0.05, 0) is 33.1 Å². The van der Waals surface area contributed by atoms with Crippen molar-refractivity contribution in [2.45, 2.75) is 45.1 Å². The summed E-state index contributed by atoms with van der Waals surface area (Å²) < 4.78 is 5.63. The van der Waals surface area contributed by atoms with Crippen LogP contribution in [-0.4, -0.2) is 23.0 Å². The van der Waals surface area contributed by atoms with E-state index in [1.807, 2.05) is 19.2 Å². The molecule has 0 N–H and O–H groups in total. The summed E-state index contributed by atoms with van der Waals surface area (Å²) in [6.07, 6.45) is 3.41. The number of nitrogens with zero attached hydrogens (tertiary/aromatic N) is 1. The lowest BCUT2D eigenvalue weighted by atomic mass is 9.90. The Morgan fingerprint density at radius 2 is 2.44 bits per heavy atom. The van der Waals surface area contributed by atoms with Gasteiger partial charge in [0.1, 0.15) is 10.6 Å². The quantitative estimate of drug-likeness (QED) is 0.813. The van der Waals surface area contributed by atoms with Crippen LogP contribution in [0.2, 0.25) is 0 Å². The Morgan fingerprint density at radius 1 is 1.62 bits per heavy atom.